The third-order valence-electron chi connectivity index (χ3n) is 3.80. The number of anilines is 1. The summed E-state index contributed by atoms with van der Waals surface area (Å²) >= 11 is 7.50. The Morgan fingerprint density at radius 2 is 2.00 bits per heavy atom. The highest BCUT2D eigenvalue weighted by Gasteiger charge is 2.40. The van der Waals surface area contributed by atoms with Crippen molar-refractivity contribution in [1.82, 2.24) is 9.97 Å². The van der Waals surface area contributed by atoms with Gasteiger partial charge in [-0.2, -0.15) is 4.98 Å². The fraction of sp³-hybridized carbons (Fsp3) is 0.538. The van der Waals surface area contributed by atoms with Crippen LogP contribution in [0.4, 0.5) is 5.82 Å². The molecule has 0 radical (unpaired) electrons. The van der Waals surface area contributed by atoms with Crippen molar-refractivity contribution < 1.29 is 14.6 Å². The second-order valence-electron chi connectivity index (χ2n) is 5.27. The molecule has 0 aromatic carbocycles. The molecule has 21 heavy (non-hydrogen) atoms. The topological polar surface area (TPSA) is 67.7 Å². The van der Waals surface area contributed by atoms with E-state index in [0.717, 1.165) is 34.0 Å². The lowest BCUT2D eigenvalue weighted by atomic mass is 10.0. The maximum atomic E-state index is 10.4. The number of aliphatic hydroxyl groups is 1. The van der Waals surface area contributed by atoms with E-state index in [1.54, 1.807) is 0 Å². The molecule has 2 fully saturated rings. The highest BCUT2D eigenvalue weighted by atomic mass is 35.5. The van der Waals surface area contributed by atoms with E-state index in [-0.39, 0.29) is 5.28 Å². The molecule has 1 N–H and O–H groups in total. The number of aromatic nitrogens is 2. The first-order chi connectivity index (χ1) is 10.2. The molecule has 8 heteroatoms. The molecule has 2 aliphatic rings. The van der Waals surface area contributed by atoms with Gasteiger partial charge in [-0.25, -0.2) is 4.98 Å². The van der Waals surface area contributed by atoms with Crippen LogP contribution in [0.15, 0.2) is 6.07 Å². The largest absolute Gasteiger partial charge is 0.379 e. The van der Waals surface area contributed by atoms with Crippen LogP contribution >= 0.6 is 22.9 Å². The van der Waals surface area contributed by atoms with Crippen LogP contribution in [0, 0.1) is 0 Å². The predicted octanol–water partition coefficient (Wildman–Crippen LogP) is 1.40. The molecule has 2 aliphatic heterocycles. The number of nitrogens with zero attached hydrogens (tertiary/aromatic N) is 3. The number of hydrogen-bond acceptors (Lipinski definition) is 7. The fourth-order valence-corrected chi connectivity index (χ4v) is 3.86. The van der Waals surface area contributed by atoms with Gasteiger partial charge in [0.05, 0.1) is 31.8 Å². The average Bonchev–Trinajstić information content (AvgIpc) is 2.88. The maximum Gasteiger partial charge on any atom is 0.225 e. The Morgan fingerprint density at radius 1 is 1.24 bits per heavy atom. The number of morpholine rings is 1. The van der Waals surface area contributed by atoms with Gasteiger partial charge in [0.15, 0.2) is 0 Å². The van der Waals surface area contributed by atoms with Gasteiger partial charge in [-0.15, -0.1) is 11.3 Å². The smallest absolute Gasteiger partial charge is 0.225 e. The molecule has 0 amide bonds. The molecule has 6 nitrogen and oxygen atoms in total. The Labute approximate surface area is 130 Å². The summed E-state index contributed by atoms with van der Waals surface area (Å²) in [6, 6.07) is 1.96. The number of ether oxygens (including phenoxy) is 2. The SMILES string of the molecule is OC1(c2cc3c(N4CCOCC4)nc(Cl)nc3s2)COC1. The molecule has 2 saturated heterocycles. The third kappa shape index (κ3) is 2.29. The van der Waals surface area contributed by atoms with Gasteiger partial charge in [0, 0.05) is 18.0 Å². The van der Waals surface area contributed by atoms with Gasteiger partial charge >= 0.3 is 0 Å². The molecule has 2 aromatic rings. The van der Waals surface area contributed by atoms with Crippen molar-refractivity contribution in [2.45, 2.75) is 5.60 Å². The zero-order valence-corrected chi connectivity index (χ0v) is 12.8. The summed E-state index contributed by atoms with van der Waals surface area (Å²) in [6.07, 6.45) is 0. The minimum Gasteiger partial charge on any atom is -0.379 e. The van der Waals surface area contributed by atoms with E-state index >= 15 is 0 Å². The highest BCUT2D eigenvalue weighted by molar-refractivity contribution is 7.18. The van der Waals surface area contributed by atoms with Gasteiger partial charge in [0.1, 0.15) is 16.2 Å². The highest BCUT2D eigenvalue weighted by Crippen LogP contribution is 2.40. The number of rotatable bonds is 2. The van der Waals surface area contributed by atoms with E-state index in [1.807, 2.05) is 6.07 Å². The summed E-state index contributed by atoms with van der Waals surface area (Å²) in [6.45, 7) is 3.57. The normalized spacial score (nSPS) is 21.5. The molecular weight excluding hydrogens is 314 g/mol. The summed E-state index contributed by atoms with van der Waals surface area (Å²) in [5.74, 6) is 0.819. The summed E-state index contributed by atoms with van der Waals surface area (Å²) in [7, 11) is 0. The van der Waals surface area contributed by atoms with Crippen molar-refractivity contribution in [3.8, 4) is 0 Å². The van der Waals surface area contributed by atoms with Gasteiger partial charge in [0.2, 0.25) is 5.28 Å². The van der Waals surface area contributed by atoms with Crippen molar-refractivity contribution >= 4 is 39.0 Å². The second kappa shape index (κ2) is 5.03. The van der Waals surface area contributed by atoms with E-state index < -0.39 is 5.60 Å². The van der Waals surface area contributed by atoms with Crippen LogP contribution in [0.25, 0.3) is 10.2 Å². The molecule has 0 aliphatic carbocycles. The minimum atomic E-state index is -0.889. The minimum absolute atomic E-state index is 0.231. The molecule has 0 saturated carbocycles. The molecule has 0 unspecified atom stereocenters. The first-order valence-corrected chi connectivity index (χ1v) is 7.95. The molecule has 4 heterocycles. The average molecular weight is 328 g/mol. The van der Waals surface area contributed by atoms with E-state index in [9.17, 15) is 5.11 Å². The van der Waals surface area contributed by atoms with Crippen LogP contribution in [0.3, 0.4) is 0 Å². The first-order valence-electron chi connectivity index (χ1n) is 6.76. The molecule has 4 rings (SSSR count). The zero-order chi connectivity index (χ0) is 14.4. The van der Waals surface area contributed by atoms with Crippen LogP contribution in [0.1, 0.15) is 4.88 Å². The van der Waals surface area contributed by atoms with Crippen molar-refractivity contribution in [2.24, 2.45) is 0 Å². The van der Waals surface area contributed by atoms with Crippen LogP contribution in [0.5, 0.6) is 0 Å². The van der Waals surface area contributed by atoms with Crippen molar-refractivity contribution in [3.63, 3.8) is 0 Å². The zero-order valence-electron chi connectivity index (χ0n) is 11.2. The van der Waals surface area contributed by atoms with Gasteiger partial charge in [-0.1, -0.05) is 0 Å². The van der Waals surface area contributed by atoms with E-state index in [2.05, 4.69) is 14.9 Å². The van der Waals surface area contributed by atoms with Crippen LogP contribution < -0.4 is 4.90 Å². The Morgan fingerprint density at radius 3 is 2.67 bits per heavy atom. The standard InChI is InChI=1S/C13H14ClN3O3S/c14-12-15-10(17-1-3-19-4-2-17)8-5-9(21-11(8)16-12)13(18)6-20-7-13/h5,18H,1-4,6-7H2. The summed E-state index contributed by atoms with van der Waals surface area (Å²) in [5.41, 5.74) is -0.889. The predicted molar refractivity (Wildman–Crippen MR) is 80.2 cm³/mol. The number of fused-ring (bicyclic) bond motifs is 1. The van der Waals surface area contributed by atoms with Crippen molar-refractivity contribution in [3.05, 3.63) is 16.2 Å². The quantitative estimate of drug-likeness (QED) is 0.841. The lowest BCUT2D eigenvalue weighted by Crippen LogP contribution is -2.45. The number of hydrogen-bond donors (Lipinski definition) is 1. The Kier molecular flexibility index (Phi) is 3.27. The monoisotopic (exact) mass is 327 g/mol. The molecule has 0 bridgehead atoms. The lowest BCUT2D eigenvalue weighted by molar-refractivity contribution is -0.182. The summed E-state index contributed by atoms with van der Waals surface area (Å²) < 4.78 is 10.5. The molecule has 2 aromatic heterocycles. The third-order valence-corrected chi connectivity index (χ3v) is 5.19. The maximum absolute atomic E-state index is 10.4. The van der Waals surface area contributed by atoms with E-state index in [1.165, 1.54) is 11.3 Å². The van der Waals surface area contributed by atoms with Gasteiger partial charge in [0.25, 0.3) is 0 Å². The van der Waals surface area contributed by atoms with Crippen LogP contribution in [-0.2, 0) is 15.1 Å². The van der Waals surface area contributed by atoms with Crippen LogP contribution in [0.2, 0.25) is 5.28 Å². The number of halogens is 1. The lowest BCUT2D eigenvalue weighted by Gasteiger charge is -2.35. The number of thiophene rings is 1. The molecular formula is C13H14ClN3O3S. The van der Waals surface area contributed by atoms with E-state index in [0.29, 0.717) is 26.4 Å². The molecule has 0 atom stereocenters. The summed E-state index contributed by atoms with van der Waals surface area (Å²) in [4.78, 5) is 12.5. The Bertz CT molecular complexity index is 683. The van der Waals surface area contributed by atoms with Gasteiger partial charge < -0.3 is 19.5 Å². The van der Waals surface area contributed by atoms with Crippen LogP contribution in [-0.4, -0.2) is 54.6 Å². The van der Waals surface area contributed by atoms with Gasteiger partial charge in [-0.05, 0) is 17.7 Å². The Hall–Kier alpha value is -0.990. The Balaban J connectivity index is 1.81. The molecule has 112 valence electrons. The first kappa shape index (κ1) is 13.7. The second-order valence-corrected chi connectivity index (χ2v) is 6.64. The van der Waals surface area contributed by atoms with Crippen molar-refractivity contribution in [1.29, 1.82) is 0 Å². The van der Waals surface area contributed by atoms with E-state index in [4.69, 9.17) is 21.1 Å². The fourth-order valence-electron chi connectivity index (χ4n) is 2.56. The molecule has 0 spiro atoms. The van der Waals surface area contributed by atoms with Gasteiger partial charge in [-0.3, -0.25) is 0 Å². The summed E-state index contributed by atoms with van der Waals surface area (Å²) in [5, 5.41) is 11.6. The van der Waals surface area contributed by atoms with Crippen molar-refractivity contribution in [2.75, 3.05) is 44.4 Å².